The molecule has 1 aliphatic rings. The van der Waals surface area contributed by atoms with Gasteiger partial charge in [-0.2, -0.15) is 0 Å². The molecule has 1 saturated carbocycles. The van der Waals surface area contributed by atoms with Gasteiger partial charge in [0.25, 0.3) is 0 Å². The number of nitrogen functional groups attached to an aromatic ring is 1. The van der Waals surface area contributed by atoms with E-state index in [9.17, 15) is 0 Å². The van der Waals surface area contributed by atoms with Crippen molar-refractivity contribution in [2.75, 3.05) is 16.9 Å². The molecule has 0 spiro atoms. The maximum absolute atomic E-state index is 5.56. The molecule has 5 heteroatoms. The third-order valence-electron chi connectivity index (χ3n) is 3.57. The van der Waals surface area contributed by atoms with Crippen molar-refractivity contribution in [2.24, 2.45) is 5.84 Å². The first-order valence-electron chi connectivity index (χ1n) is 7.58. The van der Waals surface area contributed by atoms with Crippen molar-refractivity contribution in [1.29, 1.82) is 0 Å². The number of unbranched alkanes of at least 4 members (excludes halogenated alkanes) is 1. The molecule has 0 radical (unpaired) electrons. The van der Waals surface area contributed by atoms with E-state index in [1.54, 1.807) is 0 Å². The summed E-state index contributed by atoms with van der Waals surface area (Å²) in [5.41, 5.74) is 2.59. The van der Waals surface area contributed by atoms with Crippen LogP contribution in [0.3, 0.4) is 0 Å². The zero-order valence-corrected chi connectivity index (χ0v) is 13.1. The van der Waals surface area contributed by atoms with Crippen LogP contribution >= 0.6 is 0 Å². The number of nitrogens with one attached hydrogen (secondary N) is 1. The molecule has 1 fully saturated rings. The predicted molar refractivity (Wildman–Crippen MR) is 83.8 cm³/mol. The minimum atomic E-state index is -0.0818. The molecule has 0 unspecified atom stereocenters. The van der Waals surface area contributed by atoms with Crippen LogP contribution in [0.1, 0.15) is 59.2 Å². The second-order valence-corrected chi connectivity index (χ2v) is 6.61. The van der Waals surface area contributed by atoms with Crippen LogP contribution in [0.25, 0.3) is 0 Å². The Morgan fingerprint density at radius 2 is 2.05 bits per heavy atom. The number of rotatable bonds is 6. The lowest BCUT2D eigenvalue weighted by molar-refractivity contribution is 0.543. The Morgan fingerprint density at radius 1 is 1.35 bits per heavy atom. The van der Waals surface area contributed by atoms with Gasteiger partial charge in [0.15, 0.2) is 0 Å². The maximum Gasteiger partial charge on any atom is 0.145 e. The van der Waals surface area contributed by atoms with Gasteiger partial charge in [-0.25, -0.2) is 15.8 Å². The minimum absolute atomic E-state index is 0.0818. The highest BCUT2D eigenvalue weighted by molar-refractivity contribution is 5.51. The number of hydrogen-bond acceptors (Lipinski definition) is 5. The molecule has 1 aromatic rings. The van der Waals surface area contributed by atoms with Crippen LogP contribution in [0.15, 0.2) is 6.07 Å². The Bertz CT molecular complexity index is 448. The topological polar surface area (TPSA) is 67.1 Å². The molecule has 1 heterocycles. The highest BCUT2D eigenvalue weighted by Crippen LogP contribution is 2.33. The Hall–Kier alpha value is -1.36. The van der Waals surface area contributed by atoms with E-state index in [0.29, 0.717) is 11.9 Å². The second-order valence-electron chi connectivity index (χ2n) is 6.61. The molecule has 0 atom stereocenters. The van der Waals surface area contributed by atoms with Gasteiger partial charge >= 0.3 is 0 Å². The molecule has 112 valence electrons. The lowest BCUT2D eigenvalue weighted by Crippen LogP contribution is -2.29. The molecule has 2 rings (SSSR count). The SMILES string of the molecule is CCCCN(c1cc(NN)nc(C(C)(C)C)n1)C1CC1. The molecule has 20 heavy (non-hydrogen) atoms. The van der Waals surface area contributed by atoms with Crippen molar-refractivity contribution in [3.8, 4) is 0 Å². The quantitative estimate of drug-likeness (QED) is 0.618. The zero-order valence-electron chi connectivity index (χ0n) is 13.1. The molecule has 1 aromatic heterocycles. The fourth-order valence-corrected chi connectivity index (χ4v) is 2.19. The molecule has 5 nitrogen and oxygen atoms in total. The highest BCUT2D eigenvalue weighted by Gasteiger charge is 2.31. The lowest BCUT2D eigenvalue weighted by Gasteiger charge is -2.26. The van der Waals surface area contributed by atoms with E-state index >= 15 is 0 Å². The van der Waals surface area contributed by atoms with Crippen molar-refractivity contribution in [3.05, 3.63) is 11.9 Å². The van der Waals surface area contributed by atoms with Crippen LogP contribution in [-0.4, -0.2) is 22.6 Å². The minimum Gasteiger partial charge on any atom is -0.353 e. The van der Waals surface area contributed by atoms with Crippen LogP contribution in [0.4, 0.5) is 11.6 Å². The number of aromatic nitrogens is 2. The summed E-state index contributed by atoms with van der Waals surface area (Å²) < 4.78 is 0. The third kappa shape index (κ3) is 3.60. The summed E-state index contributed by atoms with van der Waals surface area (Å²) in [5.74, 6) is 8.11. The number of hydrogen-bond donors (Lipinski definition) is 2. The lowest BCUT2D eigenvalue weighted by atomic mass is 9.96. The summed E-state index contributed by atoms with van der Waals surface area (Å²) in [6.07, 6.45) is 4.92. The number of nitrogens with two attached hydrogens (primary N) is 1. The van der Waals surface area contributed by atoms with Crippen molar-refractivity contribution in [2.45, 2.75) is 64.8 Å². The average molecular weight is 277 g/mol. The monoisotopic (exact) mass is 277 g/mol. The summed E-state index contributed by atoms with van der Waals surface area (Å²) in [6.45, 7) is 9.66. The summed E-state index contributed by atoms with van der Waals surface area (Å²) >= 11 is 0. The Morgan fingerprint density at radius 3 is 2.55 bits per heavy atom. The molecule has 0 amide bonds. The first kappa shape index (κ1) is 15.0. The average Bonchev–Trinajstić information content (AvgIpc) is 3.22. The van der Waals surface area contributed by atoms with E-state index in [2.05, 4.69) is 43.0 Å². The first-order valence-corrected chi connectivity index (χ1v) is 7.58. The molecular formula is C15H27N5. The van der Waals surface area contributed by atoms with E-state index in [-0.39, 0.29) is 5.41 Å². The van der Waals surface area contributed by atoms with Gasteiger partial charge in [-0.3, -0.25) is 0 Å². The number of hydrazine groups is 1. The van der Waals surface area contributed by atoms with Crippen molar-refractivity contribution in [1.82, 2.24) is 9.97 Å². The van der Waals surface area contributed by atoms with Gasteiger partial charge in [0, 0.05) is 24.1 Å². The van der Waals surface area contributed by atoms with Crippen LogP contribution in [0.2, 0.25) is 0 Å². The summed E-state index contributed by atoms with van der Waals surface area (Å²) in [4.78, 5) is 11.7. The van der Waals surface area contributed by atoms with Crippen molar-refractivity contribution < 1.29 is 0 Å². The van der Waals surface area contributed by atoms with E-state index in [0.717, 1.165) is 18.2 Å². The molecule has 3 N–H and O–H groups in total. The molecule has 0 aromatic carbocycles. The molecular weight excluding hydrogens is 250 g/mol. The second kappa shape index (κ2) is 5.95. The third-order valence-corrected chi connectivity index (χ3v) is 3.57. The molecule has 0 aliphatic heterocycles. The van der Waals surface area contributed by atoms with Crippen LogP contribution in [-0.2, 0) is 5.41 Å². The normalized spacial score (nSPS) is 15.2. The van der Waals surface area contributed by atoms with E-state index in [4.69, 9.17) is 10.8 Å². The van der Waals surface area contributed by atoms with Gasteiger partial charge < -0.3 is 10.3 Å². The van der Waals surface area contributed by atoms with Gasteiger partial charge in [0.05, 0.1) is 0 Å². The van der Waals surface area contributed by atoms with Crippen LogP contribution < -0.4 is 16.2 Å². The molecule has 0 bridgehead atoms. The van der Waals surface area contributed by atoms with Crippen LogP contribution in [0, 0.1) is 0 Å². The fourth-order valence-electron chi connectivity index (χ4n) is 2.19. The van der Waals surface area contributed by atoms with Gasteiger partial charge in [-0.1, -0.05) is 34.1 Å². The first-order chi connectivity index (χ1) is 9.45. The van der Waals surface area contributed by atoms with Gasteiger partial charge in [-0.15, -0.1) is 0 Å². The summed E-state index contributed by atoms with van der Waals surface area (Å²) in [5, 5.41) is 0. The molecule has 1 aliphatic carbocycles. The largest absolute Gasteiger partial charge is 0.353 e. The number of anilines is 2. The van der Waals surface area contributed by atoms with Crippen LogP contribution in [0.5, 0.6) is 0 Å². The predicted octanol–water partition coefficient (Wildman–Crippen LogP) is 2.83. The van der Waals surface area contributed by atoms with Gasteiger partial charge in [-0.05, 0) is 19.3 Å². The summed E-state index contributed by atoms with van der Waals surface area (Å²) in [6, 6.07) is 2.61. The van der Waals surface area contributed by atoms with E-state index < -0.39 is 0 Å². The fraction of sp³-hybridized carbons (Fsp3) is 0.733. The smallest absolute Gasteiger partial charge is 0.145 e. The maximum atomic E-state index is 5.56. The van der Waals surface area contributed by atoms with E-state index in [1.165, 1.54) is 25.7 Å². The van der Waals surface area contributed by atoms with Crippen molar-refractivity contribution >= 4 is 11.6 Å². The zero-order chi connectivity index (χ0) is 14.8. The molecule has 0 saturated heterocycles. The Labute approximate surface area is 121 Å². The standard InChI is InChI=1S/C15H27N5/c1-5-6-9-20(11-7-8-11)13-10-12(19-16)17-14(18-13)15(2,3)4/h10-11H,5-9,16H2,1-4H3,(H,17,18,19). The van der Waals surface area contributed by atoms with E-state index in [1.807, 2.05) is 6.07 Å². The Kier molecular flexibility index (Phi) is 4.48. The highest BCUT2D eigenvalue weighted by atomic mass is 15.3. The summed E-state index contributed by atoms with van der Waals surface area (Å²) in [7, 11) is 0. The number of nitrogens with zero attached hydrogens (tertiary/aromatic N) is 3. The van der Waals surface area contributed by atoms with Gasteiger partial charge in [0.1, 0.15) is 17.5 Å². The van der Waals surface area contributed by atoms with Crippen molar-refractivity contribution in [3.63, 3.8) is 0 Å². The van der Waals surface area contributed by atoms with Gasteiger partial charge in [0.2, 0.25) is 0 Å². The Balaban J connectivity index is 2.32.